The van der Waals surface area contributed by atoms with E-state index in [1.54, 1.807) is 28.8 Å². The van der Waals surface area contributed by atoms with Gasteiger partial charge in [0.1, 0.15) is 5.54 Å². The zero-order chi connectivity index (χ0) is 16.4. The Morgan fingerprint density at radius 3 is 2.65 bits per heavy atom. The Balaban J connectivity index is 1.74. The first-order chi connectivity index (χ1) is 11.0. The van der Waals surface area contributed by atoms with Gasteiger partial charge in [-0.3, -0.25) is 9.69 Å². The van der Waals surface area contributed by atoms with E-state index in [0.717, 1.165) is 43.2 Å². The van der Waals surface area contributed by atoms with E-state index in [9.17, 15) is 4.79 Å². The van der Waals surface area contributed by atoms with Gasteiger partial charge in [0.25, 0.3) is 0 Å². The van der Waals surface area contributed by atoms with Crippen LogP contribution in [0.2, 0.25) is 0 Å². The van der Waals surface area contributed by atoms with Gasteiger partial charge in [-0.2, -0.15) is 0 Å². The first-order valence-corrected chi connectivity index (χ1v) is 8.73. The van der Waals surface area contributed by atoms with E-state index in [0.29, 0.717) is 0 Å². The predicted octanol–water partition coefficient (Wildman–Crippen LogP) is 1.73. The number of rotatable bonds is 4. The fraction of sp³-hybridized carbons (Fsp3) is 0.562. The summed E-state index contributed by atoms with van der Waals surface area (Å²) in [5.74, 6) is 0.152. The summed E-state index contributed by atoms with van der Waals surface area (Å²) in [6.45, 7) is 4.66. The van der Waals surface area contributed by atoms with Crippen LogP contribution in [-0.2, 0) is 16.9 Å². The smallest absolute Gasteiger partial charge is 0.248 e. The van der Waals surface area contributed by atoms with Crippen molar-refractivity contribution in [1.82, 2.24) is 24.3 Å². The number of aryl methyl sites for hydroxylation is 1. The summed E-state index contributed by atoms with van der Waals surface area (Å²) in [6.07, 6.45) is 7.00. The van der Waals surface area contributed by atoms with Crippen molar-refractivity contribution in [1.29, 1.82) is 0 Å². The van der Waals surface area contributed by atoms with Crippen LogP contribution < -0.4 is 0 Å². The van der Waals surface area contributed by atoms with Gasteiger partial charge in [-0.15, -0.1) is 11.3 Å². The monoisotopic (exact) mass is 333 g/mol. The lowest BCUT2D eigenvalue weighted by Gasteiger charge is -2.42. The van der Waals surface area contributed by atoms with Crippen LogP contribution >= 0.6 is 11.3 Å². The zero-order valence-electron chi connectivity index (χ0n) is 13.9. The molecular weight excluding hydrogens is 310 g/mol. The minimum atomic E-state index is -0.505. The van der Waals surface area contributed by atoms with Crippen LogP contribution in [0.5, 0.6) is 0 Å². The molecule has 0 saturated carbocycles. The molecule has 124 valence electrons. The van der Waals surface area contributed by atoms with Crippen molar-refractivity contribution in [3.05, 3.63) is 34.8 Å². The molecule has 1 aliphatic heterocycles. The lowest BCUT2D eigenvalue weighted by atomic mass is 9.85. The Labute approximate surface area is 140 Å². The molecule has 2 aromatic heterocycles. The van der Waals surface area contributed by atoms with Crippen LogP contribution in [0.15, 0.2) is 24.1 Å². The second-order valence-corrected chi connectivity index (χ2v) is 7.40. The molecule has 1 fully saturated rings. The number of carbonyl (C=O) groups excluding carboxylic acids is 1. The highest BCUT2D eigenvalue weighted by atomic mass is 32.1. The molecule has 0 radical (unpaired) electrons. The Morgan fingerprint density at radius 1 is 1.39 bits per heavy atom. The third-order valence-corrected chi connectivity index (χ3v) is 5.36. The molecule has 3 rings (SSSR count). The molecule has 0 bridgehead atoms. The molecule has 2 aromatic rings. The number of hydrogen-bond donors (Lipinski definition) is 0. The molecule has 7 heteroatoms. The van der Waals surface area contributed by atoms with Gasteiger partial charge in [0.15, 0.2) is 0 Å². The van der Waals surface area contributed by atoms with Gasteiger partial charge < -0.3 is 9.47 Å². The number of thiazole rings is 1. The van der Waals surface area contributed by atoms with Gasteiger partial charge in [0.2, 0.25) is 5.91 Å². The number of nitrogens with zero attached hydrogens (tertiary/aromatic N) is 5. The summed E-state index contributed by atoms with van der Waals surface area (Å²) in [4.78, 5) is 25.6. The topological polar surface area (TPSA) is 54.3 Å². The maximum atomic E-state index is 12.8. The molecule has 0 N–H and O–H groups in total. The summed E-state index contributed by atoms with van der Waals surface area (Å²) >= 11 is 1.69. The Bertz CT molecular complexity index is 656. The van der Waals surface area contributed by atoms with Gasteiger partial charge in [-0.25, -0.2) is 9.97 Å². The average molecular weight is 333 g/mol. The second kappa shape index (κ2) is 6.41. The Morgan fingerprint density at radius 2 is 2.13 bits per heavy atom. The normalized spacial score (nSPS) is 18.0. The molecule has 1 aliphatic rings. The maximum absolute atomic E-state index is 12.8. The second-order valence-electron chi connectivity index (χ2n) is 6.34. The Kier molecular flexibility index (Phi) is 4.50. The zero-order valence-corrected chi connectivity index (χ0v) is 14.7. The van der Waals surface area contributed by atoms with Crippen LogP contribution in [0.25, 0.3) is 0 Å². The van der Waals surface area contributed by atoms with Crippen molar-refractivity contribution >= 4 is 17.2 Å². The molecule has 1 amide bonds. The summed E-state index contributed by atoms with van der Waals surface area (Å²) in [6, 6.07) is 0. The highest BCUT2D eigenvalue weighted by Crippen LogP contribution is 2.32. The number of hydrogen-bond acceptors (Lipinski definition) is 5. The number of amides is 1. The third-order valence-electron chi connectivity index (χ3n) is 4.54. The molecule has 0 aromatic carbocycles. The number of piperidine rings is 1. The van der Waals surface area contributed by atoms with Crippen molar-refractivity contribution in [2.24, 2.45) is 0 Å². The van der Waals surface area contributed by atoms with E-state index < -0.39 is 5.54 Å². The van der Waals surface area contributed by atoms with E-state index in [-0.39, 0.29) is 5.91 Å². The average Bonchev–Trinajstić information content (AvgIpc) is 3.19. The molecule has 3 heterocycles. The van der Waals surface area contributed by atoms with E-state index in [2.05, 4.69) is 20.2 Å². The molecule has 6 nitrogen and oxygen atoms in total. The minimum absolute atomic E-state index is 0.152. The van der Waals surface area contributed by atoms with E-state index in [1.165, 1.54) is 0 Å². The number of likely N-dealkylation sites (N-methyl/N-ethyl adjacent to an activating group) is 1. The molecule has 0 unspecified atom stereocenters. The van der Waals surface area contributed by atoms with Gasteiger partial charge in [0, 0.05) is 51.5 Å². The fourth-order valence-electron chi connectivity index (χ4n) is 3.30. The molecule has 0 aliphatic carbocycles. The largest absolute Gasteiger partial charge is 0.347 e. The van der Waals surface area contributed by atoms with Gasteiger partial charge in [-0.05, 0) is 19.8 Å². The molecular formula is C16H23N5OS. The predicted molar refractivity (Wildman–Crippen MR) is 90.3 cm³/mol. The lowest BCUT2D eigenvalue weighted by Crippen LogP contribution is -2.54. The Hall–Kier alpha value is -1.73. The molecule has 0 atom stereocenters. The van der Waals surface area contributed by atoms with Crippen LogP contribution in [-0.4, -0.2) is 57.4 Å². The van der Waals surface area contributed by atoms with Crippen LogP contribution in [0, 0.1) is 6.92 Å². The van der Waals surface area contributed by atoms with Crippen molar-refractivity contribution in [2.75, 3.05) is 27.2 Å². The maximum Gasteiger partial charge on any atom is 0.248 e. The first kappa shape index (κ1) is 16.1. The number of aromatic nitrogens is 3. The summed E-state index contributed by atoms with van der Waals surface area (Å²) in [5.41, 5.74) is 0.621. The third kappa shape index (κ3) is 3.16. The molecule has 23 heavy (non-hydrogen) atoms. The standard InChI is InChI=1S/C16H23N5OS/c1-13-18-14(11-23-13)10-20-7-4-16(5-8-20,15(22)19(2)3)21-9-6-17-12-21/h6,9,11-12H,4-5,7-8,10H2,1-3H3. The summed E-state index contributed by atoms with van der Waals surface area (Å²) in [7, 11) is 3.65. The van der Waals surface area contributed by atoms with Crippen LogP contribution in [0.3, 0.4) is 0 Å². The quantitative estimate of drug-likeness (QED) is 0.855. The van der Waals surface area contributed by atoms with E-state index >= 15 is 0 Å². The van der Waals surface area contributed by atoms with Crippen LogP contribution in [0.1, 0.15) is 23.5 Å². The van der Waals surface area contributed by atoms with E-state index in [1.807, 2.05) is 31.8 Å². The fourth-order valence-corrected chi connectivity index (χ4v) is 3.91. The highest BCUT2D eigenvalue weighted by molar-refractivity contribution is 7.09. The number of carbonyl (C=O) groups is 1. The number of likely N-dealkylation sites (tertiary alicyclic amines) is 1. The van der Waals surface area contributed by atoms with Gasteiger partial charge >= 0.3 is 0 Å². The van der Waals surface area contributed by atoms with Gasteiger partial charge in [-0.1, -0.05) is 0 Å². The molecule has 1 saturated heterocycles. The summed E-state index contributed by atoms with van der Waals surface area (Å²) in [5, 5.41) is 3.23. The first-order valence-electron chi connectivity index (χ1n) is 7.85. The lowest BCUT2D eigenvalue weighted by molar-refractivity contribution is -0.141. The highest BCUT2D eigenvalue weighted by Gasteiger charge is 2.43. The SMILES string of the molecule is Cc1nc(CN2CCC(C(=O)N(C)C)(n3ccnc3)CC2)cs1. The minimum Gasteiger partial charge on any atom is -0.347 e. The van der Waals surface area contributed by atoms with Crippen LogP contribution in [0.4, 0.5) is 0 Å². The van der Waals surface area contributed by atoms with Crippen molar-refractivity contribution < 1.29 is 4.79 Å². The summed E-state index contributed by atoms with van der Waals surface area (Å²) < 4.78 is 1.99. The van der Waals surface area contributed by atoms with Crippen molar-refractivity contribution in [2.45, 2.75) is 31.8 Å². The van der Waals surface area contributed by atoms with Gasteiger partial charge in [0.05, 0.1) is 17.0 Å². The molecule has 0 spiro atoms. The van der Waals surface area contributed by atoms with Crippen molar-refractivity contribution in [3.8, 4) is 0 Å². The van der Waals surface area contributed by atoms with Crippen molar-refractivity contribution in [3.63, 3.8) is 0 Å². The van der Waals surface area contributed by atoms with E-state index in [4.69, 9.17) is 0 Å². The number of imidazole rings is 1.